The molecule has 6 heteroatoms. The SMILES string of the molecule is CC(C)(C)OC(=O)Nc1ncc([C@@H]2CO2)cn1. The van der Waals surface area contributed by atoms with Crippen LogP contribution in [0.5, 0.6) is 0 Å². The first-order chi connectivity index (χ1) is 7.94. The van der Waals surface area contributed by atoms with Gasteiger partial charge in [0.1, 0.15) is 11.7 Å². The highest BCUT2D eigenvalue weighted by atomic mass is 16.6. The van der Waals surface area contributed by atoms with Gasteiger partial charge in [-0.1, -0.05) is 0 Å². The van der Waals surface area contributed by atoms with Crippen LogP contribution in [0.4, 0.5) is 10.7 Å². The summed E-state index contributed by atoms with van der Waals surface area (Å²) in [5.74, 6) is 0.226. The van der Waals surface area contributed by atoms with Crippen LogP contribution in [0.1, 0.15) is 32.4 Å². The second-order valence-electron chi connectivity index (χ2n) is 4.79. The Bertz CT molecular complexity index is 407. The lowest BCUT2D eigenvalue weighted by atomic mass is 10.2. The minimum absolute atomic E-state index is 0.116. The first-order valence-corrected chi connectivity index (χ1v) is 5.37. The van der Waals surface area contributed by atoms with E-state index < -0.39 is 11.7 Å². The molecular weight excluding hydrogens is 222 g/mol. The molecule has 0 aromatic carbocycles. The molecule has 1 saturated heterocycles. The molecule has 1 fully saturated rings. The van der Waals surface area contributed by atoms with Crippen LogP contribution in [0.15, 0.2) is 12.4 Å². The third kappa shape index (κ3) is 3.67. The molecule has 0 aliphatic carbocycles. The molecule has 1 aromatic heterocycles. The summed E-state index contributed by atoms with van der Waals surface area (Å²) in [5, 5.41) is 2.46. The summed E-state index contributed by atoms with van der Waals surface area (Å²) in [6.07, 6.45) is 2.83. The maximum atomic E-state index is 11.4. The van der Waals surface area contributed by atoms with Crippen molar-refractivity contribution in [3.05, 3.63) is 18.0 Å². The molecule has 17 heavy (non-hydrogen) atoms. The molecular formula is C11H15N3O3. The van der Waals surface area contributed by atoms with E-state index in [2.05, 4.69) is 15.3 Å². The monoisotopic (exact) mass is 237 g/mol. The van der Waals surface area contributed by atoms with Crippen LogP contribution in [-0.4, -0.2) is 28.3 Å². The van der Waals surface area contributed by atoms with E-state index >= 15 is 0 Å². The molecule has 0 unspecified atom stereocenters. The molecule has 0 bridgehead atoms. The summed E-state index contributed by atoms with van der Waals surface area (Å²) >= 11 is 0. The van der Waals surface area contributed by atoms with E-state index in [0.29, 0.717) is 6.61 Å². The molecule has 92 valence electrons. The van der Waals surface area contributed by atoms with Gasteiger partial charge in [-0.25, -0.2) is 14.8 Å². The average molecular weight is 237 g/mol. The van der Waals surface area contributed by atoms with Crippen molar-refractivity contribution in [2.24, 2.45) is 0 Å². The lowest BCUT2D eigenvalue weighted by Crippen LogP contribution is -2.27. The van der Waals surface area contributed by atoms with E-state index in [1.54, 1.807) is 33.2 Å². The van der Waals surface area contributed by atoms with Crippen molar-refractivity contribution in [2.75, 3.05) is 11.9 Å². The smallest absolute Gasteiger partial charge is 0.414 e. The molecule has 2 rings (SSSR count). The van der Waals surface area contributed by atoms with Gasteiger partial charge < -0.3 is 9.47 Å². The maximum absolute atomic E-state index is 11.4. The van der Waals surface area contributed by atoms with Crippen LogP contribution in [-0.2, 0) is 9.47 Å². The molecule has 1 N–H and O–H groups in total. The Labute approximate surface area is 99.4 Å². The van der Waals surface area contributed by atoms with E-state index in [-0.39, 0.29) is 12.1 Å². The number of hydrogen-bond donors (Lipinski definition) is 1. The number of nitrogens with one attached hydrogen (secondary N) is 1. The van der Waals surface area contributed by atoms with E-state index in [0.717, 1.165) is 5.56 Å². The van der Waals surface area contributed by atoms with Gasteiger partial charge in [-0.15, -0.1) is 0 Å². The van der Waals surface area contributed by atoms with Crippen LogP contribution in [0.3, 0.4) is 0 Å². The molecule has 1 aliphatic rings. The second-order valence-corrected chi connectivity index (χ2v) is 4.79. The Balaban J connectivity index is 1.92. The van der Waals surface area contributed by atoms with Crippen LogP contribution in [0.25, 0.3) is 0 Å². The summed E-state index contributed by atoms with van der Waals surface area (Å²) in [5.41, 5.74) is 0.381. The molecule has 1 amide bonds. The number of nitrogens with zero attached hydrogens (tertiary/aromatic N) is 2. The predicted octanol–water partition coefficient (Wildman–Crippen LogP) is 1.89. The Morgan fingerprint density at radius 2 is 2.06 bits per heavy atom. The minimum Gasteiger partial charge on any atom is -0.444 e. The molecule has 1 aromatic rings. The Hall–Kier alpha value is -1.69. The number of amides is 1. The first-order valence-electron chi connectivity index (χ1n) is 5.37. The lowest BCUT2D eigenvalue weighted by Gasteiger charge is -2.19. The summed E-state index contributed by atoms with van der Waals surface area (Å²) in [6, 6.07) is 0. The number of rotatable bonds is 2. The standard InChI is InChI=1S/C11H15N3O3/c1-11(2,3)17-10(15)14-9-12-4-7(5-13-9)8-6-16-8/h4-5,8H,6H2,1-3H3,(H,12,13,14,15)/t8-/m0/s1. The average Bonchev–Trinajstić information content (AvgIpc) is 2.99. The van der Waals surface area contributed by atoms with Crippen molar-refractivity contribution < 1.29 is 14.3 Å². The molecule has 0 radical (unpaired) electrons. The van der Waals surface area contributed by atoms with Crippen molar-refractivity contribution in [1.29, 1.82) is 0 Å². The van der Waals surface area contributed by atoms with E-state index in [1.807, 2.05) is 0 Å². The molecule has 0 spiro atoms. The van der Waals surface area contributed by atoms with Crippen molar-refractivity contribution in [3.63, 3.8) is 0 Å². The lowest BCUT2D eigenvalue weighted by molar-refractivity contribution is 0.0634. The third-order valence-electron chi connectivity index (χ3n) is 1.99. The second kappa shape index (κ2) is 4.29. The van der Waals surface area contributed by atoms with Crippen LogP contribution in [0.2, 0.25) is 0 Å². The molecule has 1 atom stereocenters. The Kier molecular flexibility index (Phi) is 2.97. The quantitative estimate of drug-likeness (QED) is 0.795. The van der Waals surface area contributed by atoms with Crippen molar-refractivity contribution in [3.8, 4) is 0 Å². The first kappa shape index (κ1) is 11.8. The summed E-state index contributed by atoms with van der Waals surface area (Å²) in [4.78, 5) is 19.4. The number of carbonyl (C=O) groups is 1. The van der Waals surface area contributed by atoms with Gasteiger partial charge in [0.05, 0.1) is 6.61 Å². The van der Waals surface area contributed by atoms with Gasteiger partial charge in [0.25, 0.3) is 0 Å². The van der Waals surface area contributed by atoms with Gasteiger partial charge in [0.2, 0.25) is 5.95 Å². The van der Waals surface area contributed by atoms with Gasteiger partial charge in [-0.3, -0.25) is 5.32 Å². The highest BCUT2D eigenvalue weighted by Crippen LogP contribution is 2.28. The third-order valence-corrected chi connectivity index (χ3v) is 1.99. The normalized spacial score (nSPS) is 18.6. The highest BCUT2D eigenvalue weighted by Gasteiger charge is 2.25. The largest absolute Gasteiger partial charge is 0.444 e. The zero-order valence-corrected chi connectivity index (χ0v) is 10.1. The van der Waals surface area contributed by atoms with Gasteiger partial charge in [0.15, 0.2) is 0 Å². The van der Waals surface area contributed by atoms with Crippen molar-refractivity contribution in [1.82, 2.24) is 9.97 Å². The van der Waals surface area contributed by atoms with Crippen LogP contribution < -0.4 is 5.32 Å². The zero-order chi connectivity index (χ0) is 12.5. The van der Waals surface area contributed by atoms with Crippen LogP contribution >= 0.6 is 0 Å². The topological polar surface area (TPSA) is 76.6 Å². The molecule has 6 nitrogen and oxygen atoms in total. The van der Waals surface area contributed by atoms with Gasteiger partial charge in [-0.2, -0.15) is 0 Å². The van der Waals surface area contributed by atoms with Gasteiger partial charge in [-0.05, 0) is 20.8 Å². The number of carbonyl (C=O) groups excluding carboxylic acids is 1. The molecule has 1 aliphatic heterocycles. The number of epoxide rings is 1. The Morgan fingerprint density at radius 1 is 1.47 bits per heavy atom. The summed E-state index contributed by atoms with van der Waals surface area (Å²) < 4.78 is 10.2. The Morgan fingerprint density at radius 3 is 2.53 bits per heavy atom. The number of anilines is 1. The van der Waals surface area contributed by atoms with E-state index in [1.165, 1.54) is 0 Å². The maximum Gasteiger partial charge on any atom is 0.414 e. The fourth-order valence-electron chi connectivity index (χ4n) is 1.20. The summed E-state index contributed by atoms with van der Waals surface area (Å²) in [6.45, 7) is 6.09. The molecule has 0 saturated carbocycles. The summed E-state index contributed by atoms with van der Waals surface area (Å²) in [7, 11) is 0. The minimum atomic E-state index is -0.562. The molecule has 2 heterocycles. The number of ether oxygens (including phenoxy) is 2. The van der Waals surface area contributed by atoms with Crippen molar-refractivity contribution in [2.45, 2.75) is 32.5 Å². The van der Waals surface area contributed by atoms with Crippen molar-refractivity contribution >= 4 is 12.0 Å². The van der Waals surface area contributed by atoms with Crippen LogP contribution in [0, 0.1) is 0 Å². The predicted molar refractivity (Wildman–Crippen MR) is 60.6 cm³/mol. The number of hydrogen-bond acceptors (Lipinski definition) is 5. The fourth-order valence-corrected chi connectivity index (χ4v) is 1.20. The zero-order valence-electron chi connectivity index (χ0n) is 10.1. The highest BCUT2D eigenvalue weighted by molar-refractivity contribution is 5.82. The fraction of sp³-hybridized carbons (Fsp3) is 0.545. The van der Waals surface area contributed by atoms with Gasteiger partial charge in [0, 0.05) is 18.0 Å². The van der Waals surface area contributed by atoms with Gasteiger partial charge >= 0.3 is 6.09 Å². The van der Waals surface area contributed by atoms with E-state index in [4.69, 9.17) is 9.47 Å². The number of aromatic nitrogens is 2. The van der Waals surface area contributed by atoms with E-state index in [9.17, 15) is 4.79 Å².